The van der Waals surface area contributed by atoms with Crippen molar-refractivity contribution in [2.75, 3.05) is 13.1 Å². The minimum atomic E-state index is -0.0559. The molecule has 25 heavy (non-hydrogen) atoms. The molecule has 134 valence electrons. The van der Waals surface area contributed by atoms with E-state index < -0.39 is 0 Å². The van der Waals surface area contributed by atoms with Crippen molar-refractivity contribution in [3.8, 4) is 0 Å². The Morgan fingerprint density at radius 3 is 2.60 bits per heavy atom. The van der Waals surface area contributed by atoms with E-state index in [1.54, 1.807) is 12.4 Å². The first-order valence-electron chi connectivity index (χ1n) is 9.20. The number of likely N-dealkylation sites (tertiary alicyclic amines) is 1. The molecule has 0 bridgehead atoms. The molecule has 1 amide bonds. The zero-order valence-electron chi connectivity index (χ0n) is 14.7. The van der Waals surface area contributed by atoms with E-state index in [0.29, 0.717) is 6.54 Å². The van der Waals surface area contributed by atoms with Crippen LogP contribution in [0.15, 0.2) is 36.7 Å². The molecule has 6 nitrogen and oxygen atoms in total. The molecule has 1 saturated heterocycles. The van der Waals surface area contributed by atoms with E-state index >= 15 is 0 Å². The second kappa shape index (κ2) is 9.32. The van der Waals surface area contributed by atoms with Crippen molar-refractivity contribution >= 4 is 5.91 Å². The van der Waals surface area contributed by atoms with Crippen molar-refractivity contribution in [2.24, 2.45) is 0 Å². The van der Waals surface area contributed by atoms with Crippen molar-refractivity contribution < 1.29 is 4.79 Å². The number of carbonyl (C=O) groups is 1. The van der Waals surface area contributed by atoms with Crippen LogP contribution in [0.2, 0.25) is 0 Å². The van der Waals surface area contributed by atoms with Crippen LogP contribution in [0.4, 0.5) is 0 Å². The average molecular weight is 341 g/mol. The quantitative estimate of drug-likeness (QED) is 0.876. The highest BCUT2D eigenvalue weighted by molar-refractivity contribution is 5.75. The van der Waals surface area contributed by atoms with Crippen molar-refractivity contribution in [1.82, 2.24) is 25.2 Å². The summed E-state index contributed by atoms with van der Waals surface area (Å²) < 4.78 is 1.52. The number of carbonyl (C=O) groups excluding carboxylic acids is 1. The van der Waals surface area contributed by atoms with Gasteiger partial charge in [0.05, 0.1) is 6.20 Å². The Hall–Kier alpha value is -2.21. The summed E-state index contributed by atoms with van der Waals surface area (Å²) in [6, 6.07) is 8.53. The van der Waals surface area contributed by atoms with Crippen molar-refractivity contribution in [3.05, 3.63) is 47.8 Å². The Labute approximate surface area is 149 Å². The molecule has 0 unspecified atom stereocenters. The molecule has 0 radical (unpaired) electrons. The summed E-state index contributed by atoms with van der Waals surface area (Å²) in [5.41, 5.74) is 2.46. The average Bonchev–Trinajstić information content (AvgIpc) is 3.09. The van der Waals surface area contributed by atoms with Crippen LogP contribution < -0.4 is 5.32 Å². The number of rotatable bonds is 6. The largest absolute Gasteiger partial charge is 0.350 e. The molecule has 1 aliphatic rings. The lowest BCUT2D eigenvalue weighted by atomic mass is 10.1. The maximum atomic E-state index is 11.9. The van der Waals surface area contributed by atoms with Crippen LogP contribution in [0.25, 0.3) is 0 Å². The molecule has 0 aliphatic carbocycles. The van der Waals surface area contributed by atoms with Crippen LogP contribution in [0.1, 0.15) is 43.2 Å². The highest BCUT2D eigenvalue weighted by atomic mass is 16.2. The number of amides is 1. The zero-order chi connectivity index (χ0) is 17.3. The van der Waals surface area contributed by atoms with E-state index in [-0.39, 0.29) is 12.5 Å². The first-order chi connectivity index (χ1) is 12.3. The molecule has 2 aromatic rings. The van der Waals surface area contributed by atoms with Gasteiger partial charge in [0.1, 0.15) is 6.54 Å². The van der Waals surface area contributed by atoms with E-state index in [1.807, 2.05) is 0 Å². The second-order valence-corrected chi connectivity index (χ2v) is 6.74. The summed E-state index contributed by atoms with van der Waals surface area (Å²) in [4.78, 5) is 14.5. The highest BCUT2D eigenvalue weighted by Gasteiger charge is 2.09. The molecule has 0 saturated carbocycles. The van der Waals surface area contributed by atoms with E-state index in [0.717, 1.165) is 12.1 Å². The van der Waals surface area contributed by atoms with Crippen molar-refractivity contribution in [3.63, 3.8) is 0 Å². The van der Waals surface area contributed by atoms with Crippen molar-refractivity contribution in [1.29, 1.82) is 0 Å². The van der Waals surface area contributed by atoms with Gasteiger partial charge in [-0.1, -0.05) is 48.7 Å². The summed E-state index contributed by atoms with van der Waals surface area (Å²) in [7, 11) is 0. The third-order valence-corrected chi connectivity index (χ3v) is 4.61. The van der Waals surface area contributed by atoms with Crippen LogP contribution in [-0.2, 0) is 24.4 Å². The fourth-order valence-corrected chi connectivity index (χ4v) is 3.29. The molecule has 1 fully saturated rings. The van der Waals surface area contributed by atoms with Gasteiger partial charge in [-0.05, 0) is 37.1 Å². The number of nitrogens with one attached hydrogen (secondary N) is 1. The van der Waals surface area contributed by atoms with Gasteiger partial charge in [0.15, 0.2) is 0 Å². The molecule has 0 atom stereocenters. The smallest absolute Gasteiger partial charge is 0.242 e. The lowest BCUT2D eigenvalue weighted by Crippen LogP contribution is -2.28. The topological polar surface area (TPSA) is 63.1 Å². The number of nitrogens with zero attached hydrogens (tertiary/aromatic N) is 4. The number of hydrogen-bond acceptors (Lipinski definition) is 4. The maximum absolute atomic E-state index is 11.9. The van der Waals surface area contributed by atoms with Crippen molar-refractivity contribution in [2.45, 2.75) is 51.7 Å². The van der Waals surface area contributed by atoms with E-state index in [9.17, 15) is 4.79 Å². The molecule has 2 heterocycles. The van der Waals surface area contributed by atoms with E-state index in [1.165, 1.54) is 55.4 Å². The van der Waals surface area contributed by atoms with Gasteiger partial charge < -0.3 is 5.32 Å². The summed E-state index contributed by atoms with van der Waals surface area (Å²) in [5.74, 6) is -0.0559. The second-order valence-electron chi connectivity index (χ2n) is 6.74. The fourth-order valence-electron chi connectivity index (χ4n) is 3.29. The van der Waals surface area contributed by atoms with Crippen LogP contribution >= 0.6 is 0 Å². The molecular weight excluding hydrogens is 314 g/mol. The van der Waals surface area contributed by atoms with Gasteiger partial charge in [-0.2, -0.15) is 0 Å². The Balaban J connectivity index is 1.49. The summed E-state index contributed by atoms with van der Waals surface area (Å²) in [5, 5.41) is 10.5. The fraction of sp³-hybridized carbons (Fsp3) is 0.526. The summed E-state index contributed by atoms with van der Waals surface area (Å²) in [6.45, 7) is 4.13. The van der Waals surface area contributed by atoms with Crippen LogP contribution in [0.5, 0.6) is 0 Å². The molecule has 6 heteroatoms. The first kappa shape index (κ1) is 17.6. The van der Waals surface area contributed by atoms with Gasteiger partial charge in [0.25, 0.3) is 0 Å². The van der Waals surface area contributed by atoms with Gasteiger partial charge in [0.2, 0.25) is 5.91 Å². The molecule has 1 aromatic carbocycles. The van der Waals surface area contributed by atoms with Crippen LogP contribution in [0, 0.1) is 0 Å². The molecular formula is C19H27N5O. The standard InChI is InChI=1S/C19H27N5O/c25-19(16-24-12-9-21-22-24)20-14-17-7-6-8-18(13-17)15-23-10-4-2-1-3-5-11-23/h6-9,12-13H,1-5,10-11,14-16H2,(H,20,25). The molecule has 1 N–H and O–H groups in total. The molecule has 0 spiro atoms. The predicted molar refractivity (Wildman–Crippen MR) is 96.7 cm³/mol. The SMILES string of the molecule is O=C(Cn1ccnn1)NCc1cccc(CN2CCCCCCC2)c1. The van der Waals surface area contributed by atoms with Gasteiger partial charge in [-0.15, -0.1) is 5.10 Å². The third-order valence-electron chi connectivity index (χ3n) is 4.61. The lowest BCUT2D eigenvalue weighted by molar-refractivity contribution is -0.122. The Bertz CT molecular complexity index is 648. The third kappa shape index (κ3) is 5.98. The Morgan fingerprint density at radius 2 is 1.84 bits per heavy atom. The molecule has 3 rings (SSSR count). The van der Waals surface area contributed by atoms with Gasteiger partial charge in [0, 0.05) is 19.3 Å². The molecule has 1 aromatic heterocycles. The van der Waals surface area contributed by atoms with Crippen LogP contribution in [-0.4, -0.2) is 38.9 Å². The normalized spacial score (nSPS) is 16.2. The number of aromatic nitrogens is 3. The zero-order valence-corrected chi connectivity index (χ0v) is 14.7. The first-order valence-corrected chi connectivity index (χ1v) is 9.20. The summed E-state index contributed by atoms with van der Waals surface area (Å²) >= 11 is 0. The molecule has 1 aliphatic heterocycles. The number of benzene rings is 1. The van der Waals surface area contributed by atoms with Gasteiger partial charge in [-0.25, -0.2) is 4.68 Å². The van der Waals surface area contributed by atoms with Gasteiger partial charge in [-0.3, -0.25) is 9.69 Å². The Morgan fingerprint density at radius 1 is 1.08 bits per heavy atom. The maximum Gasteiger partial charge on any atom is 0.242 e. The monoisotopic (exact) mass is 341 g/mol. The lowest BCUT2D eigenvalue weighted by Gasteiger charge is -2.24. The van der Waals surface area contributed by atoms with Gasteiger partial charge >= 0.3 is 0 Å². The van der Waals surface area contributed by atoms with E-state index in [2.05, 4.69) is 44.8 Å². The Kier molecular flexibility index (Phi) is 6.56. The highest BCUT2D eigenvalue weighted by Crippen LogP contribution is 2.14. The van der Waals surface area contributed by atoms with Crippen LogP contribution in [0.3, 0.4) is 0 Å². The summed E-state index contributed by atoms with van der Waals surface area (Å²) in [6.07, 6.45) is 9.96. The predicted octanol–water partition coefficient (Wildman–Crippen LogP) is 2.36. The number of hydrogen-bond donors (Lipinski definition) is 1. The minimum absolute atomic E-state index is 0.0559. The van der Waals surface area contributed by atoms with E-state index in [4.69, 9.17) is 0 Å². The minimum Gasteiger partial charge on any atom is -0.350 e.